The number of amides is 2. The molecule has 0 aliphatic carbocycles. The van der Waals surface area contributed by atoms with Gasteiger partial charge < -0.3 is 4.74 Å². The fourth-order valence-electron chi connectivity index (χ4n) is 5.63. The molecule has 5 aromatic rings. The van der Waals surface area contributed by atoms with Crippen molar-refractivity contribution in [1.82, 2.24) is 4.98 Å². The Bertz CT molecular complexity index is 1780. The second-order valence-electron chi connectivity index (χ2n) is 9.95. The Morgan fingerprint density at radius 2 is 1.57 bits per heavy atom. The van der Waals surface area contributed by atoms with Crippen LogP contribution in [-0.4, -0.2) is 29.2 Å². The third-order valence-corrected chi connectivity index (χ3v) is 7.57. The van der Waals surface area contributed by atoms with Crippen molar-refractivity contribution in [1.29, 1.82) is 0 Å². The van der Waals surface area contributed by atoms with Crippen molar-refractivity contribution >= 4 is 46.6 Å². The van der Waals surface area contributed by atoms with E-state index < -0.39 is 11.8 Å². The quantitative estimate of drug-likeness (QED) is 0.205. The molecule has 2 heterocycles. The number of ether oxygens (including phenoxy) is 1. The van der Waals surface area contributed by atoms with Gasteiger partial charge in [0.2, 0.25) is 0 Å². The average Bonchev–Trinajstić information content (AvgIpc) is 3.02. The summed E-state index contributed by atoms with van der Waals surface area (Å²) in [5, 5.41) is 0.635. The molecule has 6 nitrogen and oxygen atoms in total. The van der Waals surface area contributed by atoms with Crippen molar-refractivity contribution in [3.8, 4) is 5.75 Å². The zero-order chi connectivity index (χ0) is 28.3. The topological polar surface area (TPSA) is 76.6 Å². The molecule has 2 bridgehead atoms. The Labute approximate surface area is 250 Å². The van der Waals surface area contributed by atoms with Crippen molar-refractivity contribution in [3.05, 3.63) is 137 Å². The third-order valence-electron chi connectivity index (χ3n) is 7.57. The highest BCUT2D eigenvalue weighted by molar-refractivity contribution is 6.30. The number of hydrogen-bond acceptors (Lipinski definition) is 5. The second-order valence-corrected chi connectivity index (χ2v) is 9.95. The lowest BCUT2D eigenvalue weighted by Crippen LogP contribution is -2.39. The summed E-state index contributed by atoms with van der Waals surface area (Å²) in [5.41, 5.74) is 3.62. The number of carbonyl (C=O) groups excluding carboxylic acids is 3. The molecule has 6 rings (SSSR count). The van der Waals surface area contributed by atoms with Crippen LogP contribution in [0.4, 0.5) is 5.69 Å². The number of ketones is 1. The van der Waals surface area contributed by atoms with E-state index >= 15 is 0 Å². The number of pyridine rings is 1. The van der Waals surface area contributed by atoms with Crippen LogP contribution >= 0.6 is 12.4 Å². The van der Waals surface area contributed by atoms with Crippen LogP contribution in [0.5, 0.6) is 5.75 Å². The molecule has 4 aromatic carbocycles. The number of nitrogens with zero attached hydrogens (tertiary/aromatic N) is 2. The zero-order valence-corrected chi connectivity index (χ0v) is 23.8. The van der Waals surface area contributed by atoms with Gasteiger partial charge in [-0.2, -0.15) is 0 Å². The van der Waals surface area contributed by atoms with Gasteiger partial charge in [0.1, 0.15) is 5.75 Å². The first-order valence-corrected chi connectivity index (χ1v) is 13.7. The van der Waals surface area contributed by atoms with Gasteiger partial charge in [0, 0.05) is 35.0 Å². The van der Waals surface area contributed by atoms with Gasteiger partial charge in [-0.25, -0.2) is 4.90 Å². The summed E-state index contributed by atoms with van der Waals surface area (Å²) < 4.78 is 6.26. The van der Waals surface area contributed by atoms with Crippen LogP contribution in [-0.2, 0) is 0 Å². The minimum absolute atomic E-state index is 0. The molecule has 210 valence electrons. The SMILES string of the molecule is CCC(c1ccccc1)c1c2cccc1N(C(=O)c1ccnc3ccccc13)C(=O)c1ccccc1C(=O)CCO2.Cl. The molecule has 1 atom stereocenters. The Morgan fingerprint density at radius 1 is 0.857 bits per heavy atom. The van der Waals surface area contributed by atoms with Gasteiger partial charge in [0.15, 0.2) is 5.78 Å². The van der Waals surface area contributed by atoms with Crippen LogP contribution in [0, 0.1) is 0 Å². The van der Waals surface area contributed by atoms with Gasteiger partial charge in [-0.05, 0) is 42.3 Å². The van der Waals surface area contributed by atoms with Crippen molar-refractivity contribution in [2.45, 2.75) is 25.7 Å². The third kappa shape index (κ3) is 5.17. The molecular weight excluding hydrogens is 548 g/mol. The second kappa shape index (κ2) is 12.4. The van der Waals surface area contributed by atoms with E-state index in [1.165, 1.54) is 4.90 Å². The van der Waals surface area contributed by atoms with Gasteiger partial charge in [0.05, 0.1) is 28.9 Å². The van der Waals surface area contributed by atoms with Crippen LogP contribution in [0.3, 0.4) is 0 Å². The van der Waals surface area contributed by atoms with E-state index in [9.17, 15) is 14.4 Å². The Balaban J connectivity index is 0.00000353. The maximum atomic E-state index is 14.6. The van der Waals surface area contributed by atoms with Crippen LogP contribution in [0.15, 0.2) is 109 Å². The number of halogens is 1. The standard InChI is InChI=1S/C35H28N2O4.ClH/c1-2-24(23-11-4-3-5-12-23)33-30-17-10-18-32(33)41-22-20-31(38)26-14-6-7-15-27(26)34(39)37(30)35(40)28-19-21-36-29-16-9-8-13-25(28)29;/h3-19,21,24H,2,20,22H2,1H3;1H. The maximum Gasteiger partial charge on any atom is 0.266 e. The molecule has 0 spiro atoms. The minimum Gasteiger partial charge on any atom is -0.493 e. The maximum absolute atomic E-state index is 14.6. The number of hydrogen-bond donors (Lipinski definition) is 0. The number of fused-ring (bicyclic) bond motifs is 4. The smallest absolute Gasteiger partial charge is 0.266 e. The van der Waals surface area contributed by atoms with Crippen LogP contribution in [0.25, 0.3) is 10.9 Å². The molecule has 7 heteroatoms. The van der Waals surface area contributed by atoms with E-state index in [1.54, 1.807) is 48.7 Å². The predicted molar refractivity (Wildman–Crippen MR) is 166 cm³/mol. The molecule has 1 aromatic heterocycles. The fraction of sp³-hybridized carbons (Fsp3) is 0.143. The highest BCUT2D eigenvalue weighted by Crippen LogP contribution is 2.42. The number of para-hydroxylation sites is 1. The molecule has 1 aliphatic heterocycles. The lowest BCUT2D eigenvalue weighted by molar-refractivity contribution is 0.0887. The highest BCUT2D eigenvalue weighted by Gasteiger charge is 2.34. The molecule has 1 aliphatic rings. The van der Waals surface area contributed by atoms with E-state index in [0.29, 0.717) is 34.3 Å². The lowest BCUT2D eigenvalue weighted by atomic mass is 9.86. The molecule has 1 unspecified atom stereocenters. The first-order valence-electron chi connectivity index (χ1n) is 13.7. The normalized spacial score (nSPS) is 13.8. The van der Waals surface area contributed by atoms with Gasteiger partial charge >= 0.3 is 0 Å². The number of aromatic nitrogens is 1. The van der Waals surface area contributed by atoms with Gasteiger partial charge in [0.25, 0.3) is 11.8 Å². The molecule has 0 radical (unpaired) electrons. The number of anilines is 1. The Morgan fingerprint density at radius 3 is 2.36 bits per heavy atom. The molecule has 0 N–H and O–H groups in total. The van der Waals surface area contributed by atoms with E-state index in [4.69, 9.17) is 4.74 Å². The zero-order valence-electron chi connectivity index (χ0n) is 23.0. The predicted octanol–water partition coefficient (Wildman–Crippen LogP) is 7.65. The molecule has 0 saturated heterocycles. The number of Topliss-reactive ketones (excluding diaryl/α,β-unsaturated/α-hetero) is 1. The summed E-state index contributed by atoms with van der Waals surface area (Å²) in [6.45, 7) is 2.21. The van der Waals surface area contributed by atoms with Crippen molar-refractivity contribution in [2.75, 3.05) is 11.5 Å². The first-order chi connectivity index (χ1) is 20.1. The summed E-state index contributed by atoms with van der Waals surface area (Å²) in [6, 6.07) is 31.1. The van der Waals surface area contributed by atoms with Crippen LogP contribution in [0.1, 0.15) is 67.9 Å². The van der Waals surface area contributed by atoms with Gasteiger partial charge in [-0.1, -0.05) is 79.7 Å². The van der Waals surface area contributed by atoms with Gasteiger partial charge in [-0.15, -0.1) is 12.4 Å². The number of imide groups is 1. The lowest BCUT2D eigenvalue weighted by Gasteiger charge is -2.29. The summed E-state index contributed by atoms with van der Waals surface area (Å²) in [5.74, 6) is -0.921. The minimum atomic E-state index is -0.567. The molecule has 42 heavy (non-hydrogen) atoms. The van der Waals surface area contributed by atoms with Crippen LogP contribution < -0.4 is 9.64 Å². The number of carbonyl (C=O) groups is 3. The summed E-state index contributed by atoms with van der Waals surface area (Å²) in [7, 11) is 0. The van der Waals surface area contributed by atoms with E-state index in [2.05, 4.69) is 11.9 Å². The van der Waals surface area contributed by atoms with Crippen molar-refractivity contribution < 1.29 is 19.1 Å². The molecule has 0 saturated carbocycles. The summed E-state index contributed by atoms with van der Waals surface area (Å²) in [6.07, 6.45) is 2.36. The van der Waals surface area contributed by atoms with Crippen LogP contribution in [0.2, 0.25) is 0 Å². The Hall–Kier alpha value is -4.81. The summed E-state index contributed by atoms with van der Waals surface area (Å²) >= 11 is 0. The monoisotopic (exact) mass is 576 g/mol. The van der Waals surface area contributed by atoms with Crippen molar-refractivity contribution in [3.63, 3.8) is 0 Å². The molecule has 0 fully saturated rings. The number of rotatable bonds is 4. The molecule has 2 amide bonds. The highest BCUT2D eigenvalue weighted by atomic mass is 35.5. The Kier molecular flexibility index (Phi) is 8.46. The first kappa shape index (κ1) is 28.7. The summed E-state index contributed by atoms with van der Waals surface area (Å²) in [4.78, 5) is 48.1. The van der Waals surface area contributed by atoms with E-state index in [0.717, 1.165) is 11.1 Å². The fourth-order valence-corrected chi connectivity index (χ4v) is 5.63. The van der Waals surface area contributed by atoms with Gasteiger partial charge in [-0.3, -0.25) is 19.4 Å². The average molecular weight is 577 g/mol. The van der Waals surface area contributed by atoms with E-state index in [1.807, 2.05) is 60.7 Å². The largest absolute Gasteiger partial charge is 0.493 e. The number of benzene rings is 4. The van der Waals surface area contributed by atoms with Crippen molar-refractivity contribution in [2.24, 2.45) is 0 Å². The molecular formula is C35H29ClN2O4. The van der Waals surface area contributed by atoms with E-state index in [-0.39, 0.29) is 48.3 Å².